The largest absolute Gasteiger partial charge is 0.373 e. The fourth-order valence-electron chi connectivity index (χ4n) is 1.67. The first kappa shape index (κ1) is 13.1. The van der Waals surface area contributed by atoms with Gasteiger partial charge in [0, 0.05) is 23.1 Å². The number of benzene rings is 1. The zero-order valence-electron chi connectivity index (χ0n) is 9.37. The second-order valence-corrected chi connectivity index (χ2v) is 3.77. The fraction of sp³-hybridized carbons (Fsp3) is 0.250. The molecule has 1 atom stereocenters. The molecule has 3 N–H and O–H groups in total. The highest BCUT2D eigenvalue weighted by Gasteiger charge is 2.05. The van der Waals surface area contributed by atoms with Crippen LogP contribution < -0.4 is 5.73 Å². The van der Waals surface area contributed by atoms with E-state index in [0.29, 0.717) is 0 Å². The highest BCUT2D eigenvalue weighted by molar-refractivity contribution is 5.83. The highest BCUT2D eigenvalue weighted by Crippen LogP contribution is 2.19. The molecular weight excluding hydrogens is 223 g/mol. The smallest absolute Gasteiger partial charge is 0.361 e. The number of aromatic nitrogens is 1. The van der Waals surface area contributed by atoms with Gasteiger partial charge in [-0.15, -0.1) is 0 Å². The molecule has 0 saturated carbocycles. The Morgan fingerprint density at radius 3 is 2.71 bits per heavy atom. The lowest BCUT2D eigenvalue weighted by Crippen LogP contribution is -2.17. The summed E-state index contributed by atoms with van der Waals surface area (Å²) < 4.78 is 12.9. The average molecular weight is 236 g/mol. The fourth-order valence-corrected chi connectivity index (χ4v) is 1.67. The van der Waals surface area contributed by atoms with Crippen molar-refractivity contribution in [2.24, 2.45) is 5.73 Å². The molecular formula is C12H13FN2O2. The van der Waals surface area contributed by atoms with Crippen molar-refractivity contribution in [3.8, 4) is 0 Å². The van der Waals surface area contributed by atoms with Crippen molar-refractivity contribution in [2.75, 3.05) is 0 Å². The molecule has 90 valence electrons. The van der Waals surface area contributed by atoms with Gasteiger partial charge in [-0.3, -0.25) is 0 Å². The molecule has 5 heteroatoms. The lowest BCUT2D eigenvalue weighted by atomic mass is 10.1. The van der Waals surface area contributed by atoms with Crippen LogP contribution in [0.1, 0.15) is 12.5 Å². The topological polar surface area (TPSA) is 76.0 Å². The second kappa shape index (κ2) is 5.94. The van der Waals surface area contributed by atoms with Gasteiger partial charge in [-0.25, -0.2) is 4.39 Å². The first-order valence-electron chi connectivity index (χ1n) is 5.09. The summed E-state index contributed by atoms with van der Waals surface area (Å²) >= 11 is 0. The molecule has 0 aliphatic heterocycles. The molecule has 1 aromatic heterocycles. The summed E-state index contributed by atoms with van der Waals surface area (Å²) in [5, 5.41) is 1.06. The molecule has 1 aromatic carbocycles. The maximum absolute atomic E-state index is 12.9. The molecule has 0 spiro atoms. The van der Waals surface area contributed by atoms with Crippen LogP contribution in [0.5, 0.6) is 0 Å². The van der Waals surface area contributed by atoms with Crippen LogP contribution in [0.2, 0.25) is 0 Å². The molecule has 17 heavy (non-hydrogen) atoms. The molecule has 2 rings (SSSR count). The Bertz CT molecular complexity index is 528. The van der Waals surface area contributed by atoms with Crippen LogP contribution in [-0.4, -0.2) is 17.2 Å². The van der Waals surface area contributed by atoms with Crippen molar-refractivity contribution in [1.82, 2.24) is 4.98 Å². The van der Waals surface area contributed by atoms with Crippen LogP contribution in [0, 0.1) is 5.82 Å². The van der Waals surface area contributed by atoms with Crippen LogP contribution in [-0.2, 0) is 16.0 Å². The summed E-state index contributed by atoms with van der Waals surface area (Å²) in [5.74, 6) is -0.216. The van der Waals surface area contributed by atoms with Gasteiger partial charge in [0.25, 0.3) is 0 Å². The normalized spacial score (nSPS) is 11.5. The predicted octanol–water partition coefficient (Wildman–Crippen LogP) is 1.61. The van der Waals surface area contributed by atoms with E-state index in [2.05, 4.69) is 4.98 Å². The van der Waals surface area contributed by atoms with E-state index in [1.54, 1.807) is 6.07 Å². The van der Waals surface area contributed by atoms with Gasteiger partial charge in [0.15, 0.2) is 0 Å². The maximum Gasteiger partial charge on any atom is 0.373 e. The Kier molecular flexibility index (Phi) is 4.57. The Morgan fingerprint density at radius 1 is 1.47 bits per heavy atom. The van der Waals surface area contributed by atoms with E-state index in [1.165, 1.54) is 12.1 Å². The van der Waals surface area contributed by atoms with Crippen molar-refractivity contribution in [3.05, 3.63) is 35.8 Å². The Labute approximate surface area is 97.6 Å². The van der Waals surface area contributed by atoms with E-state index in [0.717, 1.165) is 22.9 Å². The maximum atomic E-state index is 12.9. The molecule has 0 bridgehead atoms. The van der Waals surface area contributed by atoms with Gasteiger partial charge in [-0.2, -0.15) is 9.59 Å². The molecule has 0 aliphatic rings. The first-order chi connectivity index (χ1) is 8.08. The molecule has 1 heterocycles. The molecule has 0 unspecified atom stereocenters. The van der Waals surface area contributed by atoms with E-state index >= 15 is 0 Å². The molecule has 0 aliphatic carbocycles. The van der Waals surface area contributed by atoms with Crippen molar-refractivity contribution in [1.29, 1.82) is 0 Å². The second-order valence-electron chi connectivity index (χ2n) is 3.77. The van der Waals surface area contributed by atoms with Gasteiger partial charge in [0.2, 0.25) is 0 Å². The van der Waals surface area contributed by atoms with Crippen molar-refractivity contribution >= 4 is 17.1 Å². The number of aromatic amines is 1. The minimum atomic E-state index is -0.216. The third-order valence-electron chi connectivity index (χ3n) is 2.27. The number of hydrogen-bond acceptors (Lipinski definition) is 3. The predicted molar refractivity (Wildman–Crippen MR) is 60.6 cm³/mol. The molecule has 0 radical (unpaired) electrons. The lowest BCUT2D eigenvalue weighted by molar-refractivity contribution is -0.191. The molecule has 0 saturated heterocycles. The number of rotatable bonds is 2. The zero-order valence-corrected chi connectivity index (χ0v) is 9.37. The number of nitrogens with two attached hydrogens (primary N) is 1. The highest BCUT2D eigenvalue weighted by atomic mass is 19.1. The Hall–Kier alpha value is -1.97. The zero-order chi connectivity index (χ0) is 12.8. The van der Waals surface area contributed by atoms with E-state index in [4.69, 9.17) is 15.3 Å². The monoisotopic (exact) mass is 236 g/mol. The SMILES string of the molecule is C[C@@H](N)Cc1c[nH]c2cc(F)ccc12.O=C=O. The summed E-state index contributed by atoms with van der Waals surface area (Å²) in [6, 6.07) is 4.89. The van der Waals surface area contributed by atoms with Crippen LogP contribution >= 0.6 is 0 Å². The van der Waals surface area contributed by atoms with Crippen LogP contribution in [0.25, 0.3) is 10.9 Å². The van der Waals surface area contributed by atoms with E-state index in [9.17, 15) is 4.39 Å². The van der Waals surface area contributed by atoms with Crippen LogP contribution in [0.3, 0.4) is 0 Å². The number of hydrogen-bond donors (Lipinski definition) is 2. The van der Waals surface area contributed by atoms with Crippen molar-refractivity contribution in [3.63, 3.8) is 0 Å². The molecule has 0 fully saturated rings. The summed E-state index contributed by atoms with van der Waals surface area (Å²) in [5.41, 5.74) is 7.70. The first-order valence-corrected chi connectivity index (χ1v) is 5.09. The van der Waals surface area contributed by atoms with Gasteiger partial charge in [-0.1, -0.05) is 0 Å². The lowest BCUT2D eigenvalue weighted by Gasteiger charge is -2.02. The summed E-state index contributed by atoms with van der Waals surface area (Å²) in [6.07, 6.45) is 2.96. The average Bonchev–Trinajstić information content (AvgIpc) is 2.61. The van der Waals surface area contributed by atoms with Crippen LogP contribution in [0.15, 0.2) is 24.4 Å². The van der Waals surface area contributed by atoms with Crippen molar-refractivity contribution in [2.45, 2.75) is 19.4 Å². The van der Waals surface area contributed by atoms with Crippen LogP contribution in [0.4, 0.5) is 4.39 Å². The van der Waals surface area contributed by atoms with Gasteiger partial charge >= 0.3 is 6.15 Å². The number of carbonyl (C=O) groups excluding carboxylic acids is 2. The van der Waals surface area contributed by atoms with Crippen molar-refractivity contribution < 1.29 is 14.0 Å². The standard InChI is InChI=1S/C11H13FN2.CO2/c1-7(13)4-8-6-14-11-5-9(12)2-3-10(8)11;2-1-3/h2-3,5-7,14H,4,13H2,1H3;/t7-;/m1./s1. The minimum absolute atomic E-state index is 0.124. The molecule has 4 nitrogen and oxygen atoms in total. The van der Waals surface area contributed by atoms with Gasteiger partial charge in [-0.05, 0) is 37.1 Å². The number of halogens is 1. The van der Waals surface area contributed by atoms with Gasteiger partial charge in [0.1, 0.15) is 5.82 Å². The van der Waals surface area contributed by atoms with E-state index in [1.807, 2.05) is 13.1 Å². The summed E-state index contributed by atoms with van der Waals surface area (Å²) in [7, 11) is 0. The van der Waals surface area contributed by atoms with E-state index < -0.39 is 0 Å². The number of fused-ring (bicyclic) bond motifs is 1. The van der Waals surface area contributed by atoms with Gasteiger partial charge < -0.3 is 10.7 Å². The summed E-state index contributed by atoms with van der Waals surface area (Å²) in [4.78, 5) is 19.3. The molecule has 0 amide bonds. The quantitative estimate of drug-likeness (QED) is 0.831. The Balaban J connectivity index is 0.000000437. The third-order valence-corrected chi connectivity index (χ3v) is 2.27. The van der Waals surface area contributed by atoms with Gasteiger partial charge in [0.05, 0.1) is 0 Å². The minimum Gasteiger partial charge on any atom is -0.361 e. The summed E-state index contributed by atoms with van der Waals surface area (Å²) in [6.45, 7) is 1.96. The number of H-pyrrole nitrogens is 1. The third kappa shape index (κ3) is 3.52. The number of nitrogens with one attached hydrogen (secondary N) is 1. The Morgan fingerprint density at radius 2 is 2.12 bits per heavy atom. The van der Waals surface area contributed by atoms with E-state index in [-0.39, 0.29) is 18.0 Å². The molecule has 2 aromatic rings.